The predicted molar refractivity (Wildman–Crippen MR) is 159 cm³/mol. The Morgan fingerprint density at radius 3 is 2.39 bits per heavy atom. The number of halogens is 1. The normalized spacial score (nSPS) is 11.1. The molecule has 7 nitrogen and oxygen atoms in total. The van der Waals surface area contributed by atoms with Crippen molar-refractivity contribution in [3.05, 3.63) is 90.0 Å². The third-order valence-electron chi connectivity index (χ3n) is 7.10. The number of fused-ring (bicyclic) bond motifs is 1. The number of phenols is 1. The van der Waals surface area contributed by atoms with Crippen LogP contribution in [0.25, 0.3) is 39.4 Å². The molecule has 0 radical (unpaired) electrons. The second-order valence-corrected chi connectivity index (χ2v) is 9.78. The lowest BCUT2D eigenvalue weighted by molar-refractivity contribution is -0.130. The van der Waals surface area contributed by atoms with E-state index in [9.17, 15) is 14.3 Å². The number of aromatic nitrogens is 3. The quantitative estimate of drug-likeness (QED) is 0.214. The highest BCUT2D eigenvalue weighted by Gasteiger charge is 2.24. The molecule has 0 saturated heterocycles. The van der Waals surface area contributed by atoms with Gasteiger partial charge in [-0.3, -0.25) is 4.79 Å². The smallest absolute Gasteiger partial charge is 0.227 e. The summed E-state index contributed by atoms with van der Waals surface area (Å²) >= 11 is 0. The maximum absolute atomic E-state index is 13.4. The number of aryl methyl sites for hydroxylation is 1. The Labute approximate surface area is 238 Å². The second kappa shape index (κ2) is 12.2. The van der Waals surface area contributed by atoms with Crippen LogP contribution in [-0.2, 0) is 11.2 Å². The molecule has 0 aliphatic rings. The molecular weight excluding hydrogens is 519 g/mol. The molecule has 1 amide bonds. The average molecular weight is 553 g/mol. The zero-order chi connectivity index (χ0) is 28.9. The Morgan fingerprint density at radius 1 is 0.976 bits per heavy atom. The summed E-state index contributed by atoms with van der Waals surface area (Å²) in [6.07, 6.45) is 0.102. The van der Waals surface area contributed by atoms with Gasteiger partial charge >= 0.3 is 0 Å². The molecule has 0 atom stereocenters. The van der Waals surface area contributed by atoms with Gasteiger partial charge in [-0.1, -0.05) is 42.0 Å². The first-order valence-electron chi connectivity index (χ1n) is 13.8. The van der Waals surface area contributed by atoms with Gasteiger partial charge in [0, 0.05) is 35.3 Å². The van der Waals surface area contributed by atoms with Gasteiger partial charge in [-0.25, -0.2) is 13.9 Å². The van der Waals surface area contributed by atoms with Crippen LogP contribution in [0.4, 0.5) is 4.39 Å². The molecule has 5 rings (SSSR count). The molecule has 0 spiro atoms. The van der Waals surface area contributed by atoms with Crippen molar-refractivity contribution >= 4 is 11.6 Å². The van der Waals surface area contributed by atoms with E-state index in [-0.39, 0.29) is 24.7 Å². The van der Waals surface area contributed by atoms with Crippen molar-refractivity contribution in [2.45, 2.75) is 27.2 Å². The van der Waals surface area contributed by atoms with Crippen LogP contribution in [0.3, 0.4) is 0 Å². The van der Waals surface area contributed by atoms with Gasteiger partial charge in [-0.05, 0) is 63.2 Å². The highest BCUT2D eigenvalue weighted by Crippen LogP contribution is 2.36. The summed E-state index contributed by atoms with van der Waals surface area (Å²) in [5, 5.41) is 15.9. The minimum Gasteiger partial charge on any atom is -0.507 e. The van der Waals surface area contributed by atoms with Crippen molar-refractivity contribution in [2.24, 2.45) is 0 Å². The number of carbonyl (C=O) groups excluding carboxylic acids is 1. The molecule has 2 aromatic heterocycles. The zero-order valence-electron chi connectivity index (χ0n) is 23.5. The molecule has 0 fully saturated rings. The van der Waals surface area contributed by atoms with E-state index >= 15 is 0 Å². The van der Waals surface area contributed by atoms with E-state index in [0.29, 0.717) is 52.7 Å². The highest BCUT2D eigenvalue weighted by molar-refractivity contribution is 5.86. The summed E-state index contributed by atoms with van der Waals surface area (Å²) in [6.45, 7) is 6.47. The minimum atomic E-state index is -0.574. The summed E-state index contributed by atoms with van der Waals surface area (Å²) in [5.41, 5.74) is 6.45. The second-order valence-electron chi connectivity index (χ2n) is 9.78. The van der Waals surface area contributed by atoms with Crippen molar-refractivity contribution in [2.75, 3.05) is 26.4 Å². The molecule has 0 saturated carbocycles. The number of aromatic hydroxyl groups is 1. The molecule has 41 heavy (non-hydrogen) atoms. The van der Waals surface area contributed by atoms with Crippen LogP contribution >= 0.6 is 0 Å². The number of rotatable bonds is 10. The Hall–Kier alpha value is -4.72. The van der Waals surface area contributed by atoms with Gasteiger partial charge in [0.05, 0.1) is 23.5 Å². The maximum atomic E-state index is 13.4. The van der Waals surface area contributed by atoms with Gasteiger partial charge in [-0.2, -0.15) is 5.10 Å². The third kappa shape index (κ3) is 5.77. The van der Waals surface area contributed by atoms with Crippen LogP contribution in [0.2, 0.25) is 0 Å². The van der Waals surface area contributed by atoms with E-state index in [1.807, 2.05) is 81.4 Å². The number of phenolic OH excluding ortho intramolecular Hbond substituents is 1. The molecular formula is C33H33FN4O3. The Morgan fingerprint density at radius 2 is 1.71 bits per heavy atom. The fraction of sp³-hybridized carbons (Fsp3) is 0.242. The lowest BCUT2D eigenvalue weighted by atomic mass is 10.0. The van der Waals surface area contributed by atoms with Gasteiger partial charge in [-0.15, -0.1) is 0 Å². The van der Waals surface area contributed by atoms with Crippen LogP contribution in [0.1, 0.15) is 25.0 Å². The number of hydrogen-bond donors (Lipinski definition) is 1. The number of likely N-dealkylation sites (N-methyl/N-ethyl adjacent to an activating group) is 1. The molecule has 1 N–H and O–H groups in total. The number of benzene rings is 3. The highest BCUT2D eigenvalue weighted by atomic mass is 19.1. The Balaban J connectivity index is 1.78. The summed E-state index contributed by atoms with van der Waals surface area (Å²) in [6, 6.07) is 24.4. The van der Waals surface area contributed by atoms with Crippen LogP contribution in [0.15, 0.2) is 78.9 Å². The summed E-state index contributed by atoms with van der Waals surface area (Å²) in [5.74, 6) is 0.640. The molecule has 0 unspecified atom stereocenters. The fourth-order valence-electron chi connectivity index (χ4n) is 4.96. The van der Waals surface area contributed by atoms with Crippen LogP contribution < -0.4 is 4.74 Å². The van der Waals surface area contributed by atoms with Gasteiger partial charge in [0.1, 0.15) is 24.8 Å². The van der Waals surface area contributed by atoms with Crippen molar-refractivity contribution in [1.29, 1.82) is 0 Å². The first-order valence-corrected chi connectivity index (χ1v) is 13.8. The number of hydrogen-bond acceptors (Lipinski definition) is 5. The Kier molecular flexibility index (Phi) is 8.29. The monoisotopic (exact) mass is 552 g/mol. The molecule has 0 aliphatic heterocycles. The summed E-state index contributed by atoms with van der Waals surface area (Å²) in [7, 11) is 0. The molecule has 3 aromatic carbocycles. The molecule has 0 aliphatic carbocycles. The largest absolute Gasteiger partial charge is 0.507 e. The van der Waals surface area contributed by atoms with Gasteiger partial charge in [0.15, 0.2) is 5.65 Å². The standard InChI is InChI=1S/C33H33FN4O3/c1-4-37(5-2)31(40)20-27-32(24-12-14-25(15-13-24)41-18-17-34)36-38-29(26-19-22(3)11-16-30(26)39)21-28(35-33(27)38)23-9-7-6-8-10-23/h6-16,19,21,39H,4-5,17-18,20H2,1-3H3. The molecule has 210 valence electrons. The van der Waals surface area contributed by atoms with E-state index in [4.69, 9.17) is 14.8 Å². The number of carbonyl (C=O) groups is 1. The van der Waals surface area contributed by atoms with Crippen LogP contribution in [0, 0.1) is 6.92 Å². The first kappa shape index (κ1) is 27.8. The minimum absolute atomic E-state index is 0.0210. The van der Waals surface area contributed by atoms with Crippen molar-refractivity contribution in [3.8, 4) is 45.3 Å². The van der Waals surface area contributed by atoms with Crippen molar-refractivity contribution in [3.63, 3.8) is 0 Å². The molecule has 5 aromatic rings. The third-order valence-corrected chi connectivity index (χ3v) is 7.10. The molecule has 2 heterocycles. The van der Waals surface area contributed by atoms with E-state index in [2.05, 4.69) is 0 Å². The lowest BCUT2D eigenvalue weighted by Gasteiger charge is -2.18. The number of alkyl halides is 1. The SMILES string of the molecule is CCN(CC)C(=O)Cc1c(-c2ccc(OCCF)cc2)nn2c(-c3cc(C)ccc3O)cc(-c3ccccc3)nc12. The molecule has 8 heteroatoms. The van der Waals surface area contributed by atoms with E-state index < -0.39 is 6.67 Å². The van der Waals surface area contributed by atoms with Gasteiger partial charge in [0.2, 0.25) is 5.91 Å². The topological polar surface area (TPSA) is 80.0 Å². The average Bonchev–Trinajstić information content (AvgIpc) is 3.36. The lowest BCUT2D eigenvalue weighted by Crippen LogP contribution is -2.31. The Bertz CT molecular complexity index is 1660. The zero-order valence-corrected chi connectivity index (χ0v) is 23.5. The van der Waals surface area contributed by atoms with E-state index in [1.54, 1.807) is 27.6 Å². The van der Waals surface area contributed by atoms with E-state index in [0.717, 1.165) is 16.7 Å². The fourth-order valence-corrected chi connectivity index (χ4v) is 4.96. The number of amides is 1. The van der Waals surface area contributed by atoms with Crippen molar-refractivity contribution < 1.29 is 19.0 Å². The maximum Gasteiger partial charge on any atom is 0.227 e. The molecule has 0 bridgehead atoms. The first-order chi connectivity index (χ1) is 19.9. The summed E-state index contributed by atoms with van der Waals surface area (Å²) < 4.78 is 19.8. The van der Waals surface area contributed by atoms with E-state index in [1.165, 1.54) is 0 Å². The number of nitrogens with zero attached hydrogens (tertiary/aromatic N) is 4. The predicted octanol–water partition coefficient (Wildman–Crippen LogP) is 6.50. The van der Waals surface area contributed by atoms with Crippen LogP contribution in [0.5, 0.6) is 11.5 Å². The van der Waals surface area contributed by atoms with Gasteiger partial charge < -0.3 is 14.7 Å². The van der Waals surface area contributed by atoms with Crippen molar-refractivity contribution in [1.82, 2.24) is 19.5 Å². The number of ether oxygens (including phenoxy) is 1. The summed E-state index contributed by atoms with van der Waals surface area (Å²) in [4.78, 5) is 20.3. The van der Waals surface area contributed by atoms with Gasteiger partial charge in [0.25, 0.3) is 0 Å². The van der Waals surface area contributed by atoms with Crippen LogP contribution in [-0.4, -0.2) is 56.9 Å².